The average Bonchev–Trinajstić information content (AvgIpc) is 3.25. The summed E-state index contributed by atoms with van der Waals surface area (Å²) < 4.78 is 2.18. The highest BCUT2D eigenvalue weighted by atomic mass is 35.5. The molecule has 1 amide bonds. The van der Waals surface area contributed by atoms with Gasteiger partial charge in [-0.15, -0.1) is 11.6 Å². The van der Waals surface area contributed by atoms with E-state index >= 15 is 0 Å². The van der Waals surface area contributed by atoms with Gasteiger partial charge in [-0.3, -0.25) is 4.79 Å². The Hall–Kier alpha value is -1.55. The Kier molecular flexibility index (Phi) is 4.15. The molecule has 0 spiro atoms. The van der Waals surface area contributed by atoms with Crippen LogP contribution < -0.4 is 5.32 Å². The lowest BCUT2D eigenvalue weighted by molar-refractivity contribution is -0.122. The van der Waals surface area contributed by atoms with E-state index in [1.54, 1.807) is 0 Å². The number of benzene rings is 1. The number of hydrogen-bond donors (Lipinski definition) is 1. The third-order valence-electron chi connectivity index (χ3n) is 3.88. The molecule has 4 nitrogen and oxygen atoms in total. The minimum Gasteiger partial charge on any atom is -0.354 e. The number of halogens is 1. The van der Waals surface area contributed by atoms with Gasteiger partial charge in [0.15, 0.2) is 0 Å². The fourth-order valence-corrected chi connectivity index (χ4v) is 2.76. The van der Waals surface area contributed by atoms with E-state index in [1.165, 1.54) is 5.56 Å². The van der Waals surface area contributed by atoms with Crippen LogP contribution in [0.15, 0.2) is 18.2 Å². The van der Waals surface area contributed by atoms with Crippen LogP contribution in [-0.4, -0.2) is 27.9 Å². The molecule has 1 N–H and O–H groups in total. The molecular formula is C16H20ClN3O. The minimum absolute atomic E-state index is 0.189. The molecule has 1 heterocycles. The molecule has 0 bridgehead atoms. The maximum absolute atomic E-state index is 11.7. The van der Waals surface area contributed by atoms with Gasteiger partial charge >= 0.3 is 0 Å². The predicted molar refractivity (Wildman–Crippen MR) is 84.6 cm³/mol. The second-order valence-corrected chi connectivity index (χ2v) is 6.05. The van der Waals surface area contributed by atoms with Gasteiger partial charge in [0.05, 0.1) is 11.0 Å². The summed E-state index contributed by atoms with van der Waals surface area (Å²) in [7, 11) is 0. The fraction of sp³-hybridized carbons (Fsp3) is 0.500. The van der Waals surface area contributed by atoms with Gasteiger partial charge in [0.2, 0.25) is 5.91 Å². The Morgan fingerprint density at radius 3 is 3.00 bits per heavy atom. The number of carbonyl (C=O) groups excluding carboxylic acids is 1. The number of rotatable bonds is 6. The summed E-state index contributed by atoms with van der Waals surface area (Å²) in [5, 5.41) is 3.01. The van der Waals surface area contributed by atoms with Crippen LogP contribution in [0.5, 0.6) is 0 Å². The third kappa shape index (κ3) is 3.21. The van der Waals surface area contributed by atoms with Crippen molar-refractivity contribution in [1.82, 2.24) is 14.9 Å². The lowest BCUT2D eigenvalue weighted by Crippen LogP contribution is -2.28. The molecule has 1 aliphatic rings. The summed E-state index contributed by atoms with van der Waals surface area (Å²) in [6.45, 7) is 3.46. The van der Waals surface area contributed by atoms with E-state index in [4.69, 9.17) is 11.6 Å². The van der Waals surface area contributed by atoms with Crippen LogP contribution in [0.4, 0.5) is 0 Å². The van der Waals surface area contributed by atoms with E-state index in [0.717, 1.165) is 42.7 Å². The third-order valence-corrected chi connectivity index (χ3v) is 4.07. The Labute approximate surface area is 129 Å². The summed E-state index contributed by atoms with van der Waals surface area (Å²) in [6, 6.07) is 6.25. The second-order valence-electron chi connectivity index (χ2n) is 5.68. The van der Waals surface area contributed by atoms with Gasteiger partial charge in [0.1, 0.15) is 5.82 Å². The fourth-order valence-electron chi connectivity index (χ4n) is 2.59. The first kappa shape index (κ1) is 14.4. The minimum atomic E-state index is 0.189. The van der Waals surface area contributed by atoms with Crippen LogP contribution in [0.2, 0.25) is 0 Å². The molecule has 0 unspecified atom stereocenters. The zero-order chi connectivity index (χ0) is 14.8. The van der Waals surface area contributed by atoms with Crippen LogP contribution >= 0.6 is 11.6 Å². The molecule has 0 saturated heterocycles. The Morgan fingerprint density at radius 1 is 1.48 bits per heavy atom. The van der Waals surface area contributed by atoms with E-state index in [9.17, 15) is 4.79 Å². The van der Waals surface area contributed by atoms with Crippen molar-refractivity contribution in [1.29, 1.82) is 0 Å². The SMILES string of the molecule is Cc1ccc2nc(CCCl)n(CCNC(=O)C3CC3)c2c1. The van der Waals surface area contributed by atoms with Gasteiger partial charge in [-0.05, 0) is 37.5 Å². The van der Waals surface area contributed by atoms with Crippen molar-refractivity contribution in [2.45, 2.75) is 32.7 Å². The number of amides is 1. The maximum atomic E-state index is 11.7. The molecule has 1 fully saturated rings. The van der Waals surface area contributed by atoms with Gasteiger partial charge < -0.3 is 9.88 Å². The topological polar surface area (TPSA) is 46.9 Å². The molecule has 0 atom stereocenters. The second kappa shape index (κ2) is 6.06. The first-order chi connectivity index (χ1) is 10.2. The van der Waals surface area contributed by atoms with Crippen molar-refractivity contribution >= 4 is 28.5 Å². The highest BCUT2D eigenvalue weighted by molar-refractivity contribution is 6.17. The molecule has 1 aromatic heterocycles. The normalized spacial score (nSPS) is 14.6. The van der Waals surface area contributed by atoms with Crippen LogP contribution in [0.1, 0.15) is 24.2 Å². The van der Waals surface area contributed by atoms with E-state index in [0.29, 0.717) is 12.4 Å². The van der Waals surface area contributed by atoms with Crippen LogP contribution in [-0.2, 0) is 17.8 Å². The summed E-state index contributed by atoms with van der Waals surface area (Å²) in [5.41, 5.74) is 3.33. The Balaban J connectivity index is 1.78. The number of alkyl halides is 1. The number of aromatic nitrogens is 2. The van der Waals surface area contributed by atoms with Gasteiger partial charge in [0, 0.05) is 31.3 Å². The molecule has 1 saturated carbocycles. The number of hydrogen-bond acceptors (Lipinski definition) is 2. The largest absolute Gasteiger partial charge is 0.354 e. The van der Waals surface area contributed by atoms with Gasteiger partial charge in [-0.25, -0.2) is 4.98 Å². The monoisotopic (exact) mass is 305 g/mol. The first-order valence-electron chi connectivity index (χ1n) is 7.48. The molecule has 1 aromatic carbocycles. The average molecular weight is 306 g/mol. The van der Waals surface area contributed by atoms with Gasteiger partial charge in [0.25, 0.3) is 0 Å². The number of carbonyl (C=O) groups is 1. The highest BCUT2D eigenvalue weighted by Crippen LogP contribution is 2.28. The van der Waals surface area contributed by atoms with E-state index in [2.05, 4.69) is 33.9 Å². The van der Waals surface area contributed by atoms with E-state index in [1.807, 2.05) is 6.07 Å². The van der Waals surface area contributed by atoms with Gasteiger partial charge in [-0.2, -0.15) is 0 Å². The van der Waals surface area contributed by atoms with Crippen LogP contribution in [0, 0.1) is 12.8 Å². The molecule has 2 aromatic rings. The zero-order valence-electron chi connectivity index (χ0n) is 12.2. The molecule has 0 aliphatic heterocycles. The molecule has 112 valence electrons. The molecule has 5 heteroatoms. The summed E-state index contributed by atoms with van der Waals surface area (Å²) >= 11 is 5.88. The number of nitrogens with zero attached hydrogens (tertiary/aromatic N) is 2. The van der Waals surface area contributed by atoms with Crippen molar-refractivity contribution in [3.05, 3.63) is 29.6 Å². The molecule has 0 radical (unpaired) electrons. The summed E-state index contributed by atoms with van der Waals surface area (Å²) in [4.78, 5) is 16.4. The van der Waals surface area contributed by atoms with Crippen molar-refractivity contribution in [3.8, 4) is 0 Å². The molecular weight excluding hydrogens is 286 g/mol. The summed E-state index contributed by atoms with van der Waals surface area (Å²) in [6.07, 6.45) is 2.82. The Bertz CT molecular complexity index is 661. The lowest BCUT2D eigenvalue weighted by Gasteiger charge is -2.10. The van der Waals surface area contributed by atoms with E-state index < -0.39 is 0 Å². The van der Waals surface area contributed by atoms with Crippen LogP contribution in [0.3, 0.4) is 0 Å². The number of aryl methyl sites for hydroxylation is 2. The zero-order valence-corrected chi connectivity index (χ0v) is 13.0. The molecule has 21 heavy (non-hydrogen) atoms. The summed E-state index contributed by atoms with van der Waals surface area (Å²) in [5.74, 6) is 1.99. The van der Waals surface area contributed by atoms with Crippen molar-refractivity contribution in [2.75, 3.05) is 12.4 Å². The van der Waals surface area contributed by atoms with Gasteiger partial charge in [-0.1, -0.05) is 6.07 Å². The van der Waals surface area contributed by atoms with Crippen molar-refractivity contribution < 1.29 is 4.79 Å². The standard InChI is InChI=1S/C16H20ClN3O/c1-11-2-5-13-14(10-11)20(15(19-13)6-7-17)9-8-18-16(21)12-3-4-12/h2,5,10,12H,3-4,6-9H2,1H3,(H,18,21). The maximum Gasteiger partial charge on any atom is 0.223 e. The van der Waals surface area contributed by atoms with Crippen molar-refractivity contribution in [2.24, 2.45) is 5.92 Å². The van der Waals surface area contributed by atoms with Crippen LogP contribution in [0.25, 0.3) is 11.0 Å². The lowest BCUT2D eigenvalue weighted by atomic mass is 10.2. The number of imidazole rings is 1. The first-order valence-corrected chi connectivity index (χ1v) is 8.02. The smallest absolute Gasteiger partial charge is 0.223 e. The molecule has 3 rings (SSSR count). The number of nitrogens with one attached hydrogen (secondary N) is 1. The molecule has 1 aliphatic carbocycles. The highest BCUT2D eigenvalue weighted by Gasteiger charge is 2.29. The van der Waals surface area contributed by atoms with Crippen molar-refractivity contribution in [3.63, 3.8) is 0 Å². The predicted octanol–water partition coefficient (Wildman–Crippen LogP) is 2.65. The van der Waals surface area contributed by atoms with E-state index in [-0.39, 0.29) is 11.8 Å². The Morgan fingerprint density at radius 2 is 2.29 bits per heavy atom. The quantitative estimate of drug-likeness (QED) is 0.834. The number of fused-ring (bicyclic) bond motifs is 1.